The molecule has 0 saturated carbocycles. The Morgan fingerprint density at radius 1 is 1.09 bits per heavy atom. The Bertz CT molecular complexity index is 760. The number of nitrogens with two attached hydrogens (primary N) is 1. The molecule has 0 aliphatic heterocycles. The Kier molecular flexibility index (Phi) is 5.06. The van der Waals surface area contributed by atoms with Crippen LogP contribution in [0.25, 0.3) is 0 Å². The number of thiocarbonyl (C=S) groups is 1. The zero-order chi connectivity index (χ0) is 17.2. The van der Waals surface area contributed by atoms with Gasteiger partial charge in [-0.2, -0.15) is 13.2 Å². The molecular formula is C15H10BrF3N2OS. The Labute approximate surface area is 143 Å². The number of benzene rings is 2. The van der Waals surface area contributed by atoms with E-state index in [0.29, 0.717) is 5.56 Å². The fraction of sp³-hybridized carbons (Fsp3) is 0.0667. The third-order valence-corrected chi connectivity index (χ3v) is 3.89. The highest BCUT2D eigenvalue weighted by Crippen LogP contribution is 2.36. The van der Waals surface area contributed by atoms with E-state index in [1.165, 1.54) is 24.3 Å². The fourth-order valence-corrected chi connectivity index (χ4v) is 2.42. The maximum atomic E-state index is 12.8. The predicted molar refractivity (Wildman–Crippen MR) is 89.4 cm³/mol. The van der Waals surface area contributed by atoms with Gasteiger partial charge in [0.2, 0.25) is 0 Å². The van der Waals surface area contributed by atoms with Crippen molar-refractivity contribution in [3.63, 3.8) is 0 Å². The molecule has 0 saturated heterocycles. The summed E-state index contributed by atoms with van der Waals surface area (Å²) in [6, 6.07) is 9.60. The van der Waals surface area contributed by atoms with Crippen molar-refractivity contribution in [3.8, 4) is 0 Å². The smallest absolute Gasteiger partial charge is 0.389 e. The molecule has 0 spiro atoms. The van der Waals surface area contributed by atoms with Crippen LogP contribution in [0.2, 0.25) is 0 Å². The van der Waals surface area contributed by atoms with Crippen molar-refractivity contribution < 1.29 is 18.0 Å². The summed E-state index contributed by atoms with van der Waals surface area (Å²) in [6.45, 7) is 0. The van der Waals surface area contributed by atoms with Gasteiger partial charge >= 0.3 is 6.18 Å². The second-order valence-corrected chi connectivity index (χ2v) is 5.88. The molecule has 23 heavy (non-hydrogen) atoms. The Morgan fingerprint density at radius 3 is 2.17 bits per heavy atom. The average Bonchev–Trinajstić information content (AvgIpc) is 2.48. The maximum absolute atomic E-state index is 12.8. The molecule has 120 valence electrons. The number of hydrogen-bond donors (Lipinski definition) is 2. The number of anilines is 1. The van der Waals surface area contributed by atoms with Crippen molar-refractivity contribution in [2.45, 2.75) is 6.18 Å². The number of halogens is 4. The number of carbonyl (C=O) groups excluding carboxylic acids is 1. The van der Waals surface area contributed by atoms with Gasteiger partial charge in [-0.25, -0.2) is 0 Å². The summed E-state index contributed by atoms with van der Waals surface area (Å²) in [6.07, 6.45) is -4.52. The van der Waals surface area contributed by atoms with E-state index in [1.807, 2.05) is 0 Å². The lowest BCUT2D eigenvalue weighted by atomic mass is 10.1. The molecule has 8 heteroatoms. The topological polar surface area (TPSA) is 55.1 Å². The van der Waals surface area contributed by atoms with Crippen molar-refractivity contribution in [1.82, 2.24) is 0 Å². The summed E-state index contributed by atoms with van der Waals surface area (Å²) < 4.78 is 38.4. The van der Waals surface area contributed by atoms with Crippen LogP contribution >= 0.6 is 28.1 Å². The van der Waals surface area contributed by atoms with Crippen molar-refractivity contribution in [3.05, 3.63) is 63.6 Å². The first-order chi connectivity index (χ1) is 10.7. The van der Waals surface area contributed by atoms with Gasteiger partial charge < -0.3 is 11.1 Å². The number of amides is 1. The molecule has 0 radical (unpaired) electrons. The van der Waals surface area contributed by atoms with Crippen LogP contribution in [0.3, 0.4) is 0 Å². The van der Waals surface area contributed by atoms with Crippen LogP contribution in [0, 0.1) is 0 Å². The fourth-order valence-electron chi connectivity index (χ4n) is 1.81. The van der Waals surface area contributed by atoms with Crippen LogP contribution in [0.15, 0.2) is 46.9 Å². The number of alkyl halides is 3. The first-order valence-corrected chi connectivity index (χ1v) is 7.46. The number of carbonyl (C=O) groups is 1. The van der Waals surface area contributed by atoms with Crippen LogP contribution in [-0.2, 0) is 6.18 Å². The van der Waals surface area contributed by atoms with E-state index in [0.717, 1.165) is 6.07 Å². The zero-order valence-electron chi connectivity index (χ0n) is 11.4. The molecule has 1 amide bonds. The lowest BCUT2D eigenvalue weighted by Gasteiger charge is -2.12. The summed E-state index contributed by atoms with van der Waals surface area (Å²) in [5.74, 6) is -0.532. The standard InChI is InChI=1S/C15H10BrF3N2OS/c16-12-6-5-10(7-11(12)15(17,18)19)21-14(22)9-3-1-8(2-4-9)13(20)23/h1-7H,(H2,20,23)(H,21,22). The highest BCUT2D eigenvalue weighted by Gasteiger charge is 2.33. The number of rotatable bonds is 3. The minimum absolute atomic E-state index is 0.0453. The summed E-state index contributed by atoms with van der Waals surface area (Å²) in [4.78, 5) is 12.3. The molecule has 2 rings (SSSR count). The first kappa shape index (κ1) is 17.4. The van der Waals surface area contributed by atoms with Gasteiger partial charge in [-0.1, -0.05) is 40.3 Å². The minimum Gasteiger partial charge on any atom is -0.389 e. The largest absolute Gasteiger partial charge is 0.417 e. The molecule has 2 aromatic rings. The molecular weight excluding hydrogens is 393 g/mol. The maximum Gasteiger partial charge on any atom is 0.417 e. The number of hydrogen-bond acceptors (Lipinski definition) is 2. The van der Waals surface area contributed by atoms with Crippen molar-refractivity contribution in [1.29, 1.82) is 0 Å². The molecule has 0 unspecified atom stereocenters. The van der Waals surface area contributed by atoms with E-state index in [-0.39, 0.29) is 20.7 Å². The molecule has 3 N–H and O–H groups in total. The van der Waals surface area contributed by atoms with Gasteiger partial charge in [-0.3, -0.25) is 4.79 Å². The normalized spacial score (nSPS) is 11.1. The summed E-state index contributed by atoms with van der Waals surface area (Å²) in [7, 11) is 0. The van der Waals surface area contributed by atoms with Gasteiger partial charge in [0.15, 0.2) is 0 Å². The van der Waals surface area contributed by atoms with Crippen molar-refractivity contribution in [2.75, 3.05) is 5.32 Å². The number of nitrogens with one attached hydrogen (secondary N) is 1. The molecule has 0 aliphatic carbocycles. The molecule has 3 nitrogen and oxygen atoms in total. The third-order valence-electron chi connectivity index (χ3n) is 2.96. The van der Waals surface area contributed by atoms with E-state index in [9.17, 15) is 18.0 Å². The third kappa shape index (κ3) is 4.29. The van der Waals surface area contributed by atoms with Crippen LogP contribution in [0.1, 0.15) is 21.5 Å². The Balaban J connectivity index is 2.22. The first-order valence-electron chi connectivity index (χ1n) is 6.26. The second kappa shape index (κ2) is 6.67. The van der Waals surface area contributed by atoms with E-state index in [1.54, 1.807) is 12.1 Å². The van der Waals surface area contributed by atoms with Gasteiger partial charge in [0.05, 0.1) is 5.56 Å². The monoisotopic (exact) mass is 402 g/mol. The van der Waals surface area contributed by atoms with Crippen LogP contribution in [0.5, 0.6) is 0 Å². The van der Waals surface area contributed by atoms with Crippen molar-refractivity contribution in [2.24, 2.45) is 5.73 Å². The average molecular weight is 403 g/mol. The quantitative estimate of drug-likeness (QED) is 0.750. The van der Waals surface area contributed by atoms with Gasteiger partial charge in [-0.15, -0.1) is 0 Å². The van der Waals surface area contributed by atoms with E-state index in [4.69, 9.17) is 18.0 Å². The Hall–Kier alpha value is -1.93. The lowest BCUT2D eigenvalue weighted by Crippen LogP contribution is -2.14. The SMILES string of the molecule is NC(=S)c1ccc(C(=O)Nc2ccc(Br)c(C(F)(F)F)c2)cc1. The van der Waals surface area contributed by atoms with E-state index < -0.39 is 17.6 Å². The van der Waals surface area contributed by atoms with Gasteiger partial charge in [0.25, 0.3) is 5.91 Å². The summed E-state index contributed by atoms with van der Waals surface area (Å²) in [5.41, 5.74) is 5.51. The Morgan fingerprint density at radius 2 is 1.65 bits per heavy atom. The highest BCUT2D eigenvalue weighted by atomic mass is 79.9. The van der Waals surface area contributed by atoms with E-state index in [2.05, 4.69) is 21.2 Å². The van der Waals surface area contributed by atoms with Crippen LogP contribution < -0.4 is 11.1 Å². The van der Waals surface area contributed by atoms with Crippen LogP contribution in [0.4, 0.5) is 18.9 Å². The molecule has 2 aromatic carbocycles. The molecule has 0 heterocycles. The van der Waals surface area contributed by atoms with Gasteiger partial charge in [0, 0.05) is 21.3 Å². The van der Waals surface area contributed by atoms with Gasteiger partial charge in [-0.05, 0) is 30.3 Å². The molecule has 0 fully saturated rings. The highest BCUT2D eigenvalue weighted by molar-refractivity contribution is 9.10. The second-order valence-electron chi connectivity index (χ2n) is 4.59. The lowest BCUT2D eigenvalue weighted by molar-refractivity contribution is -0.138. The minimum atomic E-state index is -4.52. The molecule has 0 bridgehead atoms. The predicted octanol–water partition coefficient (Wildman–Crippen LogP) is 4.35. The zero-order valence-corrected chi connectivity index (χ0v) is 13.8. The molecule has 0 atom stereocenters. The summed E-state index contributed by atoms with van der Waals surface area (Å²) >= 11 is 7.65. The molecule has 0 aromatic heterocycles. The van der Waals surface area contributed by atoms with Crippen LogP contribution in [-0.4, -0.2) is 10.9 Å². The van der Waals surface area contributed by atoms with E-state index >= 15 is 0 Å². The summed E-state index contributed by atoms with van der Waals surface area (Å²) in [5, 5.41) is 2.42. The molecule has 0 aliphatic rings. The van der Waals surface area contributed by atoms with Crippen molar-refractivity contribution >= 4 is 44.7 Å². The van der Waals surface area contributed by atoms with Gasteiger partial charge in [0.1, 0.15) is 4.99 Å².